The Labute approximate surface area is 224 Å². The van der Waals surface area contributed by atoms with E-state index in [0.717, 1.165) is 0 Å². The van der Waals surface area contributed by atoms with Crippen LogP contribution >= 0.6 is 0 Å². The van der Waals surface area contributed by atoms with Gasteiger partial charge >= 0.3 is 12.3 Å². The summed E-state index contributed by atoms with van der Waals surface area (Å²) in [7, 11) is 0. The van der Waals surface area contributed by atoms with Gasteiger partial charge in [0.1, 0.15) is 11.0 Å². The van der Waals surface area contributed by atoms with Gasteiger partial charge in [-0.1, -0.05) is 19.1 Å². The highest BCUT2D eigenvalue weighted by molar-refractivity contribution is 5.91. The van der Waals surface area contributed by atoms with Crippen molar-refractivity contribution in [1.29, 1.82) is 0 Å². The van der Waals surface area contributed by atoms with Gasteiger partial charge in [0, 0.05) is 25.0 Å². The number of hydrogen-bond acceptors (Lipinski definition) is 6. The molecule has 12 heteroatoms. The zero-order chi connectivity index (χ0) is 28.8. The van der Waals surface area contributed by atoms with E-state index in [0.29, 0.717) is 55.9 Å². The van der Waals surface area contributed by atoms with Crippen LogP contribution in [0.3, 0.4) is 0 Å². The number of pyridine rings is 1. The molecule has 3 heterocycles. The molecule has 4 rings (SSSR count). The van der Waals surface area contributed by atoms with Crippen molar-refractivity contribution in [2.75, 3.05) is 18.4 Å². The molecule has 3 aromatic rings. The number of aromatic nitrogens is 3. The third-order valence-corrected chi connectivity index (χ3v) is 7.32. The first-order valence-corrected chi connectivity index (χ1v) is 12.8. The minimum atomic E-state index is -4.84. The Bertz CT molecular complexity index is 1400. The topological polar surface area (TPSA) is 112 Å². The number of benzene rings is 1. The van der Waals surface area contributed by atoms with Gasteiger partial charge in [0.25, 0.3) is 5.56 Å². The van der Waals surface area contributed by atoms with Crippen LogP contribution in [-0.2, 0) is 15.9 Å². The number of aliphatic hydroxyl groups is 1. The fraction of sp³-hybridized carbons (Fsp3) is 0.519. The molecule has 1 fully saturated rings. The highest BCUT2D eigenvalue weighted by atomic mass is 19.4. The Morgan fingerprint density at radius 3 is 2.28 bits per heavy atom. The van der Waals surface area contributed by atoms with Crippen molar-refractivity contribution in [1.82, 2.24) is 19.7 Å². The van der Waals surface area contributed by atoms with Crippen molar-refractivity contribution >= 4 is 28.5 Å². The Kier molecular flexibility index (Phi) is 7.22. The van der Waals surface area contributed by atoms with Crippen molar-refractivity contribution in [3.8, 4) is 0 Å². The zero-order valence-electron chi connectivity index (χ0n) is 22.6. The lowest BCUT2D eigenvalue weighted by Gasteiger charge is -2.42. The van der Waals surface area contributed by atoms with Crippen molar-refractivity contribution in [3.05, 3.63) is 52.4 Å². The predicted molar refractivity (Wildman–Crippen MR) is 141 cm³/mol. The number of anilines is 2. The number of aromatic amines is 1. The molecule has 0 aliphatic carbocycles. The van der Waals surface area contributed by atoms with Gasteiger partial charge in [-0.15, -0.1) is 0 Å². The van der Waals surface area contributed by atoms with E-state index in [-0.39, 0.29) is 23.0 Å². The van der Waals surface area contributed by atoms with E-state index in [2.05, 4.69) is 10.3 Å². The second-order valence-corrected chi connectivity index (χ2v) is 11.1. The van der Waals surface area contributed by atoms with Gasteiger partial charge in [-0.05, 0) is 70.7 Å². The quantitative estimate of drug-likeness (QED) is 0.394. The van der Waals surface area contributed by atoms with Crippen molar-refractivity contribution in [2.45, 2.75) is 76.8 Å². The van der Waals surface area contributed by atoms with Gasteiger partial charge in [0.15, 0.2) is 11.4 Å². The average molecular weight is 550 g/mol. The molecule has 212 valence electrons. The Morgan fingerprint density at radius 1 is 1.13 bits per heavy atom. The number of fused-ring (bicyclic) bond motifs is 1. The maximum absolute atomic E-state index is 13.2. The van der Waals surface area contributed by atoms with Crippen molar-refractivity contribution in [3.63, 3.8) is 0 Å². The van der Waals surface area contributed by atoms with E-state index < -0.39 is 22.9 Å². The number of nitrogens with zero attached hydrogens (tertiary/aromatic N) is 3. The number of halogens is 3. The van der Waals surface area contributed by atoms with Gasteiger partial charge in [-0.2, -0.15) is 18.3 Å². The van der Waals surface area contributed by atoms with Crippen LogP contribution in [0.2, 0.25) is 0 Å². The number of piperidine rings is 1. The molecular formula is C27H34F3N5O4. The summed E-state index contributed by atoms with van der Waals surface area (Å²) in [6.45, 7) is 9.09. The number of rotatable bonds is 5. The normalized spacial score (nSPS) is 17.6. The van der Waals surface area contributed by atoms with E-state index in [1.54, 1.807) is 17.2 Å². The molecule has 1 aliphatic rings. The zero-order valence-corrected chi connectivity index (χ0v) is 22.6. The molecule has 0 spiro atoms. The van der Waals surface area contributed by atoms with Gasteiger partial charge in [-0.25, -0.2) is 4.79 Å². The third kappa shape index (κ3) is 5.47. The van der Waals surface area contributed by atoms with E-state index in [1.807, 2.05) is 32.4 Å². The molecule has 1 unspecified atom stereocenters. The van der Waals surface area contributed by atoms with Crippen LogP contribution < -0.4 is 10.9 Å². The molecule has 0 saturated carbocycles. The number of nitrogens with one attached hydrogen (secondary N) is 2. The minimum Gasteiger partial charge on any atom is -0.444 e. The highest BCUT2D eigenvalue weighted by Crippen LogP contribution is 2.40. The van der Waals surface area contributed by atoms with Crippen LogP contribution in [0, 0.1) is 0 Å². The number of alkyl halides is 3. The lowest BCUT2D eigenvalue weighted by molar-refractivity contribution is -0.258. The smallest absolute Gasteiger partial charge is 0.421 e. The van der Waals surface area contributed by atoms with E-state index in [1.165, 1.54) is 24.3 Å². The van der Waals surface area contributed by atoms with E-state index in [9.17, 15) is 27.9 Å². The fourth-order valence-electron chi connectivity index (χ4n) is 4.85. The van der Waals surface area contributed by atoms with Crippen LogP contribution in [0.4, 0.5) is 29.5 Å². The highest BCUT2D eigenvalue weighted by Gasteiger charge is 2.51. The summed E-state index contributed by atoms with van der Waals surface area (Å²) in [5.41, 5.74) is -3.75. The second kappa shape index (κ2) is 9.89. The first kappa shape index (κ1) is 28.5. The largest absolute Gasteiger partial charge is 0.444 e. The maximum Gasteiger partial charge on any atom is 0.421 e. The van der Waals surface area contributed by atoms with Crippen LogP contribution in [0.1, 0.15) is 59.4 Å². The Morgan fingerprint density at radius 2 is 1.74 bits per heavy atom. The molecule has 0 radical (unpaired) electrons. The molecule has 1 saturated heterocycles. The summed E-state index contributed by atoms with van der Waals surface area (Å²) >= 11 is 0. The predicted octanol–water partition coefficient (Wildman–Crippen LogP) is 5.37. The molecule has 2 aromatic heterocycles. The first-order valence-electron chi connectivity index (χ1n) is 12.8. The average Bonchev–Trinajstić information content (AvgIpc) is 3.23. The van der Waals surface area contributed by atoms with Gasteiger partial charge < -0.3 is 25.0 Å². The molecule has 3 N–H and O–H groups in total. The number of carbonyl (C=O) groups is 1. The molecular weight excluding hydrogens is 515 g/mol. The third-order valence-electron chi connectivity index (χ3n) is 7.32. The maximum atomic E-state index is 13.2. The molecule has 1 aliphatic heterocycles. The number of amides is 1. The number of ether oxygens (including phenoxy) is 1. The summed E-state index contributed by atoms with van der Waals surface area (Å²) in [5, 5.41) is 18.1. The summed E-state index contributed by atoms with van der Waals surface area (Å²) in [4.78, 5) is 29.8. The Balaban J connectivity index is 1.65. The molecule has 1 atom stereocenters. The molecule has 39 heavy (non-hydrogen) atoms. The summed E-state index contributed by atoms with van der Waals surface area (Å²) in [6.07, 6.45) is -1.79. The molecule has 1 aromatic carbocycles. The number of carbonyl (C=O) groups excluding carboxylic acids is 1. The van der Waals surface area contributed by atoms with Crippen LogP contribution in [0.25, 0.3) is 10.9 Å². The van der Waals surface area contributed by atoms with Gasteiger partial charge in [-0.3, -0.25) is 9.48 Å². The molecule has 0 bridgehead atoms. The van der Waals surface area contributed by atoms with Gasteiger partial charge in [0.05, 0.1) is 11.1 Å². The summed E-state index contributed by atoms with van der Waals surface area (Å²) < 4.78 is 47.0. The summed E-state index contributed by atoms with van der Waals surface area (Å²) in [5.74, 6) is 0.254. The number of likely N-dealkylation sites (tertiary alicyclic amines) is 1. The van der Waals surface area contributed by atoms with Gasteiger partial charge in [0.2, 0.25) is 0 Å². The van der Waals surface area contributed by atoms with Crippen molar-refractivity contribution < 1.29 is 27.8 Å². The van der Waals surface area contributed by atoms with Crippen LogP contribution in [0.15, 0.2) is 41.3 Å². The number of hydrogen-bond donors (Lipinski definition) is 3. The second-order valence-electron chi connectivity index (χ2n) is 11.1. The van der Waals surface area contributed by atoms with Crippen molar-refractivity contribution in [2.24, 2.45) is 0 Å². The lowest BCUT2D eigenvalue weighted by atomic mass is 9.85. The summed E-state index contributed by atoms with van der Waals surface area (Å²) in [6, 6.07) is 6.91. The fourth-order valence-corrected chi connectivity index (χ4v) is 4.85. The van der Waals surface area contributed by atoms with E-state index >= 15 is 0 Å². The first-order chi connectivity index (χ1) is 18.1. The molecule has 9 nitrogen and oxygen atoms in total. The number of H-pyrrole nitrogens is 1. The lowest BCUT2D eigenvalue weighted by Crippen LogP contribution is -2.49. The Hall–Kier alpha value is -3.54. The monoisotopic (exact) mass is 549 g/mol. The molecule has 1 amide bonds. The van der Waals surface area contributed by atoms with E-state index in [4.69, 9.17) is 9.84 Å². The SMILES string of the molecule is CCC1(n2nc(Nc3ccc(C(C)(O)C(F)(F)F)cc3)c3c(=O)[nH]ccc32)CCN(C(=O)OC(C)(C)C)CC1. The van der Waals surface area contributed by atoms with Crippen LogP contribution in [-0.4, -0.2) is 55.7 Å². The van der Waals surface area contributed by atoms with Crippen LogP contribution in [0.5, 0.6) is 0 Å². The minimum absolute atomic E-state index is 0.254. The standard InChI is InChI=1S/C27H34F3N5O4/c1-6-26(12-15-34(16-13-26)23(37)39-24(2,3)4)35-19-11-14-31-22(36)20(19)21(33-35)32-18-9-7-17(8-10-18)25(5,38)27(28,29)30/h7-11,14,38H,6,12-13,15-16H2,1-5H3,(H,31,36)(H,32,33).